The first-order valence-electron chi connectivity index (χ1n) is 10.4. The number of rotatable bonds is 7. The molecule has 2 rings (SSSR count). The lowest BCUT2D eigenvalue weighted by molar-refractivity contribution is 0.0955. The number of carbonyl (C=O) groups excluding carboxylic acids is 1. The van der Waals surface area contributed by atoms with E-state index in [4.69, 9.17) is 0 Å². The standard InChI is InChI=1S/C26H33N3O/c1-20(11-12-24-22(3)10-7-16-26(24,4)5)8-6-9-21(2)13-19-28-29-25(30)23-14-17-27-18-15-23/h6,8-9,11-15,17-19H,7,10,16H2,1-5H3,(H,29,30)/b9-6-,12-11+,20-8+,21-13-,28-19+. The van der Waals surface area contributed by atoms with Crippen LogP contribution in [0.3, 0.4) is 0 Å². The molecule has 0 spiro atoms. The minimum atomic E-state index is -0.257. The Morgan fingerprint density at radius 1 is 1.13 bits per heavy atom. The molecule has 1 N–H and O–H groups in total. The van der Waals surface area contributed by atoms with Gasteiger partial charge in [0.05, 0.1) is 0 Å². The Morgan fingerprint density at radius 3 is 2.53 bits per heavy atom. The molecule has 158 valence electrons. The van der Waals surface area contributed by atoms with E-state index in [9.17, 15) is 4.79 Å². The third-order valence-corrected chi connectivity index (χ3v) is 5.29. The fourth-order valence-corrected chi connectivity index (χ4v) is 3.51. The van der Waals surface area contributed by atoms with Gasteiger partial charge in [-0.1, -0.05) is 55.4 Å². The lowest BCUT2D eigenvalue weighted by Crippen LogP contribution is -2.19. The molecule has 0 aliphatic heterocycles. The van der Waals surface area contributed by atoms with Gasteiger partial charge in [-0.25, -0.2) is 5.43 Å². The van der Waals surface area contributed by atoms with Gasteiger partial charge >= 0.3 is 0 Å². The average Bonchev–Trinajstić information content (AvgIpc) is 2.71. The van der Waals surface area contributed by atoms with Crippen LogP contribution in [0.5, 0.6) is 0 Å². The first kappa shape index (κ1) is 23.3. The van der Waals surface area contributed by atoms with Crippen LogP contribution in [0.1, 0.15) is 64.2 Å². The summed E-state index contributed by atoms with van der Waals surface area (Å²) in [6.07, 6.45) is 21.0. The number of nitrogens with zero attached hydrogens (tertiary/aromatic N) is 2. The Hall–Kier alpha value is -3.01. The molecule has 0 unspecified atom stereocenters. The van der Waals surface area contributed by atoms with Crippen molar-refractivity contribution >= 4 is 12.1 Å². The van der Waals surface area contributed by atoms with E-state index in [2.05, 4.69) is 61.4 Å². The number of carbonyl (C=O) groups is 1. The SMILES string of the molecule is CC1=C(/C=C/C(C)=C/C=C\C(C)=C/C=N/NC(=O)c2ccncc2)C(C)(C)CCC1. The molecule has 4 nitrogen and oxygen atoms in total. The minimum absolute atomic E-state index is 0.257. The zero-order chi connectivity index (χ0) is 22.0. The summed E-state index contributed by atoms with van der Waals surface area (Å²) in [6, 6.07) is 3.29. The molecular weight excluding hydrogens is 370 g/mol. The maximum atomic E-state index is 11.9. The molecule has 0 fully saturated rings. The molecule has 30 heavy (non-hydrogen) atoms. The molecule has 0 bridgehead atoms. The van der Waals surface area contributed by atoms with Gasteiger partial charge in [-0.2, -0.15) is 5.10 Å². The second-order valence-electron chi connectivity index (χ2n) is 8.40. The molecule has 1 heterocycles. The molecule has 1 aliphatic rings. The van der Waals surface area contributed by atoms with Gasteiger partial charge in [-0.15, -0.1) is 0 Å². The first-order chi connectivity index (χ1) is 14.3. The van der Waals surface area contributed by atoms with E-state index in [-0.39, 0.29) is 11.3 Å². The molecule has 1 aliphatic carbocycles. The third-order valence-electron chi connectivity index (χ3n) is 5.29. The highest BCUT2D eigenvalue weighted by molar-refractivity contribution is 5.94. The fourth-order valence-electron chi connectivity index (χ4n) is 3.51. The van der Waals surface area contributed by atoms with Crippen molar-refractivity contribution in [3.05, 3.63) is 88.8 Å². The van der Waals surface area contributed by atoms with Crippen LogP contribution in [0.4, 0.5) is 0 Å². The molecule has 0 saturated heterocycles. The normalized spacial score (nSPS) is 18.0. The Balaban J connectivity index is 1.88. The van der Waals surface area contributed by atoms with Gasteiger partial charge in [-0.05, 0) is 74.8 Å². The van der Waals surface area contributed by atoms with Gasteiger partial charge < -0.3 is 0 Å². The quantitative estimate of drug-likeness (QED) is 0.329. The average molecular weight is 404 g/mol. The monoisotopic (exact) mass is 403 g/mol. The van der Waals surface area contributed by atoms with Gasteiger partial charge in [-0.3, -0.25) is 9.78 Å². The molecular formula is C26H33N3O. The molecule has 4 heteroatoms. The van der Waals surface area contributed by atoms with E-state index in [0.717, 1.165) is 5.57 Å². The van der Waals surface area contributed by atoms with Gasteiger partial charge in [0.1, 0.15) is 0 Å². The summed E-state index contributed by atoms with van der Waals surface area (Å²) < 4.78 is 0. The Labute approximate surface area is 180 Å². The summed E-state index contributed by atoms with van der Waals surface area (Å²) in [4.78, 5) is 15.8. The number of allylic oxidation sites excluding steroid dienone is 10. The summed E-state index contributed by atoms with van der Waals surface area (Å²) in [6.45, 7) is 11.0. The highest BCUT2D eigenvalue weighted by Gasteiger charge is 2.26. The van der Waals surface area contributed by atoms with Crippen LogP contribution in [0, 0.1) is 5.41 Å². The van der Waals surface area contributed by atoms with Crippen LogP contribution < -0.4 is 5.43 Å². The van der Waals surface area contributed by atoms with E-state index in [1.54, 1.807) is 30.7 Å². The predicted molar refractivity (Wildman–Crippen MR) is 126 cm³/mol. The van der Waals surface area contributed by atoms with Crippen LogP contribution >= 0.6 is 0 Å². The highest BCUT2D eigenvalue weighted by Crippen LogP contribution is 2.40. The van der Waals surface area contributed by atoms with E-state index in [1.165, 1.54) is 36.0 Å². The molecule has 0 atom stereocenters. The van der Waals surface area contributed by atoms with Gasteiger partial charge in [0.2, 0.25) is 0 Å². The van der Waals surface area contributed by atoms with Gasteiger partial charge in [0, 0.05) is 24.2 Å². The molecule has 0 saturated carbocycles. The molecule has 1 amide bonds. The van der Waals surface area contributed by atoms with Crippen molar-refractivity contribution in [1.29, 1.82) is 0 Å². The van der Waals surface area contributed by atoms with E-state index < -0.39 is 0 Å². The lowest BCUT2D eigenvalue weighted by atomic mass is 9.72. The number of amides is 1. The first-order valence-corrected chi connectivity index (χ1v) is 10.4. The van der Waals surface area contributed by atoms with E-state index in [0.29, 0.717) is 5.56 Å². The maximum absolute atomic E-state index is 11.9. The van der Waals surface area contributed by atoms with E-state index >= 15 is 0 Å². The number of hydrogen-bond donors (Lipinski definition) is 1. The van der Waals surface area contributed by atoms with Crippen molar-refractivity contribution in [2.24, 2.45) is 10.5 Å². The van der Waals surface area contributed by atoms with Crippen molar-refractivity contribution in [1.82, 2.24) is 10.4 Å². The van der Waals surface area contributed by atoms with Crippen molar-refractivity contribution in [3.63, 3.8) is 0 Å². The summed E-state index contributed by atoms with van der Waals surface area (Å²) in [5.41, 5.74) is 8.52. The molecule has 0 aromatic carbocycles. The number of aromatic nitrogens is 1. The Morgan fingerprint density at radius 2 is 1.83 bits per heavy atom. The van der Waals surface area contributed by atoms with Crippen LogP contribution in [-0.2, 0) is 0 Å². The topological polar surface area (TPSA) is 54.4 Å². The van der Waals surface area contributed by atoms with Crippen molar-refractivity contribution in [3.8, 4) is 0 Å². The van der Waals surface area contributed by atoms with E-state index in [1.807, 2.05) is 25.2 Å². The van der Waals surface area contributed by atoms with Crippen molar-refractivity contribution in [2.45, 2.75) is 53.9 Å². The fraction of sp³-hybridized carbons (Fsp3) is 0.346. The minimum Gasteiger partial charge on any atom is -0.267 e. The second kappa shape index (κ2) is 11.2. The van der Waals surface area contributed by atoms with Crippen molar-refractivity contribution in [2.75, 3.05) is 0 Å². The Bertz CT molecular complexity index is 913. The maximum Gasteiger partial charge on any atom is 0.271 e. The number of nitrogens with one attached hydrogen (secondary N) is 1. The summed E-state index contributed by atoms with van der Waals surface area (Å²) in [5, 5.41) is 3.95. The van der Waals surface area contributed by atoms with Crippen LogP contribution in [0.2, 0.25) is 0 Å². The summed E-state index contributed by atoms with van der Waals surface area (Å²) >= 11 is 0. The van der Waals surface area contributed by atoms with Crippen LogP contribution in [0.25, 0.3) is 0 Å². The predicted octanol–water partition coefficient (Wildman–Crippen LogP) is 6.33. The zero-order valence-electron chi connectivity index (χ0n) is 18.8. The largest absolute Gasteiger partial charge is 0.271 e. The number of hydrogen-bond acceptors (Lipinski definition) is 3. The third kappa shape index (κ3) is 7.43. The van der Waals surface area contributed by atoms with Crippen molar-refractivity contribution < 1.29 is 4.79 Å². The smallest absolute Gasteiger partial charge is 0.267 e. The van der Waals surface area contributed by atoms with Crippen LogP contribution in [-0.4, -0.2) is 17.1 Å². The zero-order valence-corrected chi connectivity index (χ0v) is 18.8. The number of hydrazone groups is 1. The highest BCUT2D eigenvalue weighted by atomic mass is 16.2. The second-order valence-corrected chi connectivity index (χ2v) is 8.40. The van der Waals surface area contributed by atoms with Gasteiger partial charge in [0.25, 0.3) is 5.91 Å². The number of pyridine rings is 1. The molecule has 0 radical (unpaired) electrons. The lowest BCUT2D eigenvalue weighted by Gasteiger charge is -2.32. The summed E-state index contributed by atoms with van der Waals surface area (Å²) in [5.74, 6) is -0.257. The van der Waals surface area contributed by atoms with Gasteiger partial charge in [0.15, 0.2) is 0 Å². The van der Waals surface area contributed by atoms with Crippen LogP contribution in [0.15, 0.2) is 88.4 Å². The molecule has 1 aromatic heterocycles. The Kier molecular flexibility index (Phi) is 8.72. The summed E-state index contributed by atoms with van der Waals surface area (Å²) in [7, 11) is 0. The molecule has 1 aromatic rings.